The normalized spacial score (nSPS) is 10.0. The number of carbonyl (C=O) groups is 2. The highest BCUT2D eigenvalue weighted by Gasteiger charge is 2.03. The van der Waals surface area contributed by atoms with Crippen LogP contribution in [0.3, 0.4) is 0 Å². The van der Waals surface area contributed by atoms with Crippen molar-refractivity contribution in [1.82, 2.24) is 36.3 Å². The Balaban J connectivity index is 2.06. The molecule has 0 fully saturated rings. The van der Waals surface area contributed by atoms with Gasteiger partial charge in [0.2, 0.25) is 5.91 Å². The highest BCUT2D eigenvalue weighted by Crippen LogP contribution is 1.93. The van der Waals surface area contributed by atoms with Gasteiger partial charge in [-0.05, 0) is 26.2 Å². The van der Waals surface area contributed by atoms with Crippen LogP contribution < -0.4 is 21.3 Å². The summed E-state index contributed by atoms with van der Waals surface area (Å²) >= 11 is 0. The molecule has 0 radical (unpaired) electrons. The fourth-order valence-corrected chi connectivity index (χ4v) is 1.66. The molecule has 0 spiro atoms. The van der Waals surface area contributed by atoms with E-state index in [1.165, 1.54) is 6.92 Å². The lowest BCUT2D eigenvalue weighted by Crippen LogP contribution is -2.36. The van der Waals surface area contributed by atoms with Crippen LogP contribution in [-0.2, 0) is 11.3 Å². The summed E-state index contributed by atoms with van der Waals surface area (Å²) in [7, 11) is 0. The van der Waals surface area contributed by atoms with Gasteiger partial charge in [0.05, 0.1) is 6.54 Å². The third-order valence-electron chi connectivity index (χ3n) is 2.78. The molecule has 0 unspecified atom stereocenters. The van der Waals surface area contributed by atoms with E-state index in [0.717, 1.165) is 19.3 Å². The van der Waals surface area contributed by atoms with Crippen LogP contribution in [0, 0.1) is 0 Å². The van der Waals surface area contributed by atoms with Crippen molar-refractivity contribution < 1.29 is 9.59 Å². The van der Waals surface area contributed by atoms with E-state index in [4.69, 9.17) is 0 Å². The summed E-state index contributed by atoms with van der Waals surface area (Å²) < 4.78 is 0. The molecule has 0 bridgehead atoms. The summed E-state index contributed by atoms with van der Waals surface area (Å²) in [4.78, 5) is 22.2. The predicted octanol–water partition coefficient (Wildman–Crippen LogP) is -0.196. The minimum Gasteiger partial charge on any atom is -0.356 e. The van der Waals surface area contributed by atoms with Crippen molar-refractivity contribution in [2.45, 2.75) is 39.7 Å². The smallest absolute Gasteiger partial charge is 0.315 e. The second-order valence-electron chi connectivity index (χ2n) is 4.82. The summed E-state index contributed by atoms with van der Waals surface area (Å²) in [5.74, 6) is 0.685. The van der Waals surface area contributed by atoms with E-state index < -0.39 is 0 Å². The first-order valence-corrected chi connectivity index (χ1v) is 7.68. The van der Waals surface area contributed by atoms with E-state index in [9.17, 15) is 9.59 Å². The topological polar surface area (TPSA) is 134 Å². The number of hydrogen-bond acceptors (Lipinski definition) is 7. The molecule has 0 aliphatic heterocycles. The molecule has 1 aromatic rings. The monoisotopic (exact) mass is 324 g/mol. The lowest BCUT2D eigenvalue weighted by molar-refractivity contribution is -0.118. The number of amides is 3. The van der Waals surface area contributed by atoms with Crippen LogP contribution in [0.2, 0.25) is 0 Å². The Labute approximate surface area is 135 Å². The Hall–Kier alpha value is -2.52. The zero-order chi connectivity index (χ0) is 16.9. The molecule has 0 aliphatic rings. The van der Waals surface area contributed by atoms with E-state index in [0.29, 0.717) is 31.4 Å². The number of aromatic nitrogens is 4. The summed E-state index contributed by atoms with van der Waals surface area (Å²) in [6.45, 7) is 5.51. The minimum absolute atomic E-state index is 0.0211. The molecule has 128 valence electrons. The second kappa shape index (κ2) is 11.1. The molecule has 0 saturated carbocycles. The number of unbranched alkanes of at least 4 members (excludes halogenated alkanes) is 2. The molecule has 0 atom stereocenters. The quantitative estimate of drug-likeness (QED) is 0.438. The van der Waals surface area contributed by atoms with Gasteiger partial charge in [0.15, 0.2) is 5.82 Å². The Kier molecular flexibility index (Phi) is 8.94. The van der Waals surface area contributed by atoms with Crippen molar-refractivity contribution in [1.29, 1.82) is 0 Å². The Morgan fingerprint density at radius 3 is 2.17 bits per heavy atom. The number of anilines is 1. The molecular formula is C13H24N8O2. The van der Waals surface area contributed by atoms with Crippen LogP contribution in [-0.4, -0.2) is 52.0 Å². The summed E-state index contributed by atoms with van der Waals surface area (Å²) in [5.41, 5.74) is 0. The number of nitrogens with zero attached hydrogens (tertiary/aromatic N) is 4. The van der Waals surface area contributed by atoms with Gasteiger partial charge in [-0.15, -0.1) is 20.4 Å². The average molecular weight is 324 g/mol. The number of nitrogens with one attached hydrogen (secondary N) is 4. The molecule has 1 aromatic heterocycles. The number of urea groups is 1. The number of carbonyl (C=O) groups excluding carboxylic acids is 2. The molecule has 0 saturated heterocycles. The van der Waals surface area contributed by atoms with Crippen LogP contribution in [0.15, 0.2) is 0 Å². The van der Waals surface area contributed by atoms with Gasteiger partial charge in [0, 0.05) is 26.6 Å². The highest BCUT2D eigenvalue weighted by atomic mass is 16.2. The van der Waals surface area contributed by atoms with Gasteiger partial charge < -0.3 is 21.3 Å². The van der Waals surface area contributed by atoms with Gasteiger partial charge in [0.1, 0.15) is 0 Å². The van der Waals surface area contributed by atoms with Gasteiger partial charge in [-0.2, -0.15) is 0 Å². The largest absolute Gasteiger partial charge is 0.356 e. The van der Waals surface area contributed by atoms with E-state index in [-0.39, 0.29) is 18.5 Å². The van der Waals surface area contributed by atoms with Crippen LogP contribution in [0.5, 0.6) is 0 Å². The highest BCUT2D eigenvalue weighted by molar-refractivity contribution is 5.73. The van der Waals surface area contributed by atoms with E-state index >= 15 is 0 Å². The lowest BCUT2D eigenvalue weighted by atomic mass is 10.2. The molecule has 4 N–H and O–H groups in total. The van der Waals surface area contributed by atoms with Gasteiger partial charge in [-0.3, -0.25) is 4.79 Å². The zero-order valence-electron chi connectivity index (χ0n) is 13.6. The van der Waals surface area contributed by atoms with Gasteiger partial charge in [-0.1, -0.05) is 0 Å². The Morgan fingerprint density at radius 2 is 1.57 bits per heavy atom. The molecule has 23 heavy (non-hydrogen) atoms. The fraction of sp³-hybridized carbons (Fsp3) is 0.692. The number of hydrogen-bond donors (Lipinski definition) is 4. The van der Waals surface area contributed by atoms with Crippen LogP contribution in [0.1, 0.15) is 38.9 Å². The minimum atomic E-state index is -0.286. The van der Waals surface area contributed by atoms with E-state index in [1.54, 1.807) is 0 Å². The molecule has 1 rings (SSSR count). The standard InChI is InChI=1S/C13H24N8O2/c1-3-14-12-20-18-11(19-21-12)9-17-13(23)16-8-6-4-5-7-15-10(2)22/h3-9H2,1-2H3,(H,15,22)(H,14,20,21)(H2,16,17,23). The van der Waals surface area contributed by atoms with Crippen LogP contribution >= 0.6 is 0 Å². The first-order chi connectivity index (χ1) is 11.1. The summed E-state index contributed by atoms with van der Waals surface area (Å²) in [6.07, 6.45) is 2.68. The third-order valence-corrected chi connectivity index (χ3v) is 2.78. The molecule has 3 amide bonds. The molecule has 0 aliphatic carbocycles. The SMILES string of the molecule is CCNc1nnc(CNC(=O)NCCCCCNC(C)=O)nn1. The maximum Gasteiger partial charge on any atom is 0.315 e. The third kappa shape index (κ3) is 9.17. The molecule has 0 aromatic carbocycles. The number of rotatable bonds is 10. The van der Waals surface area contributed by atoms with Crippen molar-refractivity contribution in [3.63, 3.8) is 0 Å². The fourth-order valence-electron chi connectivity index (χ4n) is 1.66. The van der Waals surface area contributed by atoms with E-state index in [2.05, 4.69) is 41.7 Å². The maximum absolute atomic E-state index is 11.6. The summed E-state index contributed by atoms with van der Waals surface area (Å²) in [5, 5.41) is 26.3. The van der Waals surface area contributed by atoms with Crippen molar-refractivity contribution in [2.75, 3.05) is 25.0 Å². The van der Waals surface area contributed by atoms with Crippen LogP contribution in [0.4, 0.5) is 10.7 Å². The van der Waals surface area contributed by atoms with E-state index in [1.807, 2.05) is 6.92 Å². The van der Waals surface area contributed by atoms with Crippen molar-refractivity contribution in [2.24, 2.45) is 0 Å². The van der Waals surface area contributed by atoms with Gasteiger partial charge in [0.25, 0.3) is 5.95 Å². The first kappa shape index (κ1) is 18.5. The van der Waals surface area contributed by atoms with Crippen molar-refractivity contribution in [3.8, 4) is 0 Å². The predicted molar refractivity (Wildman–Crippen MR) is 84.6 cm³/mol. The first-order valence-electron chi connectivity index (χ1n) is 7.68. The molecule has 1 heterocycles. The molecule has 10 heteroatoms. The molecular weight excluding hydrogens is 300 g/mol. The van der Waals surface area contributed by atoms with Crippen molar-refractivity contribution >= 4 is 17.9 Å². The average Bonchev–Trinajstić information content (AvgIpc) is 2.53. The molecule has 10 nitrogen and oxygen atoms in total. The van der Waals surface area contributed by atoms with Crippen molar-refractivity contribution in [3.05, 3.63) is 5.82 Å². The lowest BCUT2D eigenvalue weighted by Gasteiger charge is -2.07. The second-order valence-corrected chi connectivity index (χ2v) is 4.82. The van der Waals surface area contributed by atoms with Gasteiger partial charge in [-0.25, -0.2) is 4.79 Å². The Bertz CT molecular complexity index is 479. The van der Waals surface area contributed by atoms with Gasteiger partial charge >= 0.3 is 6.03 Å². The Morgan fingerprint density at radius 1 is 0.913 bits per heavy atom. The zero-order valence-corrected chi connectivity index (χ0v) is 13.6. The maximum atomic E-state index is 11.6. The summed E-state index contributed by atoms with van der Waals surface area (Å²) in [6, 6.07) is -0.286. The van der Waals surface area contributed by atoms with Crippen LogP contribution in [0.25, 0.3) is 0 Å².